The van der Waals surface area contributed by atoms with Gasteiger partial charge in [0.25, 0.3) is 5.91 Å². The zero-order valence-corrected chi connectivity index (χ0v) is 15.8. The molecule has 2 aromatic carbocycles. The molecule has 0 aliphatic rings. The first-order chi connectivity index (χ1) is 13.6. The van der Waals surface area contributed by atoms with Gasteiger partial charge in [0.2, 0.25) is 0 Å². The zero-order chi connectivity index (χ0) is 19.5. The number of hydrogen-bond acceptors (Lipinski definition) is 3. The van der Waals surface area contributed by atoms with Crippen LogP contribution in [0.4, 0.5) is 5.69 Å². The molecule has 1 amide bonds. The third-order valence-electron chi connectivity index (χ3n) is 4.53. The molecule has 4 aromatic rings. The molecule has 2 aromatic heterocycles. The number of nitrogens with zero attached hydrogens (tertiary/aromatic N) is 3. The molecule has 0 radical (unpaired) electrons. The zero-order valence-electron chi connectivity index (χ0n) is 15.8. The van der Waals surface area contributed by atoms with E-state index in [1.54, 1.807) is 23.1 Å². The smallest absolute Gasteiger partial charge is 0.276 e. The van der Waals surface area contributed by atoms with E-state index in [0.717, 1.165) is 33.8 Å². The topological polar surface area (TPSA) is 59.8 Å². The lowest BCUT2D eigenvalue weighted by Gasteiger charge is -2.08. The van der Waals surface area contributed by atoms with Crippen LogP contribution in [0.2, 0.25) is 0 Å². The Bertz CT molecular complexity index is 1060. The van der Waals surface area contributed by atoms with E-state index < -0.39 is 0 Å². The number of amides is 1. The van der Waals surface area contributed by atoms with Gasteiger partial charge in [-0.1, -0.05) is 35.9 Å². The minimum atomic E-state index is -0.244. The van der Waals surface area contributed by atoms with Gasteiger partial charge in [0.05, 0.1) is 11.4 Å². The van der Waals surface area contributed by atoms with Crippen molar-refractivity contribution in [3.05, 3.63) is 95.9 Å². The van der Waals surface area contributed by atoms with Crippen molar-refractivity contribution in [2.24, 2.45) is 0 Å². The quantitative estimate of drug-likeness (QED) is 0.563. The number of para-hydroxylation sites is 1. The Morgan fingerprint density at radius 1 is 0.964 bits per heavy atom. The van der Waals surface area contributed by atoms with Crippen molar-refractivity contribution >= 4 is 11.6 Å². The molecule has 4 rings (SSSR count). The van der Waals surface area contributed by atoms with Crippen molar-refractivity contribution in [3.8, 4) is 16.9 Å². The SMILES string of the molecule is Cc1ccc(NC(=O)c2cc(-c3cccnc3)n(-c3ccccc3)n2)c(C)c1. The van der Waals surface area contributed by atoms with Gasteiger partial charge >= 0.3 is 0 Å². The maximum atomic E-state index is 12.9. The van der Waals surface area contributed by atoms with Crippen molar-refractivity contribution in [2.45, 2.75) is 13.8 Å². The predicted octanol–water partition coefficient (Wildman–Crippen LogP) is 4.80. The summed E-state index contributed by atoms with van der Waals surface area (Å²) in [4.78, 5) is 17.1. The highest BCUT2D eigenvalue weighted by Gasteiger charge is 2.17. The van der Waals surface area contributed by atoms with Crippen LogP contribution < -0.4 is 5.32 Å². The normalized spacial score (nSPS) is 10.6. The molecule has 1 N–H and O–H groups in total. The van der Waals surface area contributed by atoms with Gasteiger partial charge in [-0.2, -0.15) is 5.10 Å². The van der Waals surface area contributed by atoms with Gasteiger partial charge in [-0.05, 0) is 55.8 Å². The summed E-state index contributed by atoms with van der Waals surface area (Å²) in [6.07, 6.45) is 3.49. The average Bonchev–Trinajstić information content (AvgIpc) is 3.17. The number of aromatic nitrogens is 3. The van der Waals surface area contributed by atoms with Crippen LogP contribution in [0, 0.1) is 13.8 Å². The van der Waals surface area contributed by atoms with E-state index in [0.29, 0.717) is 5.69 Å². The Kier molecular flexibility index (Phi) is 4.72. The first-order valence-electron chi connectivity index (χ1n) is 9.06. The molecule has 2 heterocycles. The number of carbonyl (C=O) groups excluding carboxylic acids is 1. The summed E-state index contributed by atoms with van der Waals surface area (Å²) < 4.78 is 1.77. The van der Waals surface area contributed by atoms with Gasteiger partial charge in [0.1, 0.15) is 0 Å². The van der Waals surface area contributed by atoms with Gasteiger partial charge in [-0.3, -0.25) is 9.78 Å². The van der Waals surface area contributed by atoms with Crippen molar-refractivity contribution in [3.63, 3.8) is 0 Å². The monoisotopic (exact) mass is 368 g/mol. The fourth-order valence-electron chi connectivity index (χ4n) is 3.12. The highest BCUT2D eigenvalue weighted by molar-refractivity contribution is 6.04. The molecule has 0 saturated heterocycles. The molecule has 28 heavy (non-hydrogen) atoms. The number of anilines is 1. The second kappa shape index (κ2) is 7.48. The standard InChI is InChI=1S/C23H20N4O/c1-16-10-11-20(17(2)13-16)25-23(28)21-14-22(18-7-6-12-24-15-18)27(26-21)19-8-4-3-5-9-19/h3-15H,1-2H3,(H,25,28). The van der Waals surface area contributed by atoms with E-state index in [-0.39, 0.29) is 5.91 Å². The molecule has 0 aliphatic heterocycles. The van der Waals surface area contributed by atoms with Gasteiger partial charge in [0, 0.05) is 23.6 Å². The molecule has 5 heteroatoms. The van der Waals surface area contributed by atoms with Crippen LogP contribution in [0.15, 0.2) is 79.1 Å². The van der Waals surface area contributed by atoms with E-state index in [4.69, 9.17) is 0 Å². The number of pyridine rings is 1. The molecule has 0 saturated carbocycles. The Hall–Kier alpha value is -3.73. The van der Waals surface area contributed by atoms with Crippen LogP contribution in [-0.2, 0) is 0 Å². The summed E-state index contributed by atoms with van der Waals surface area (Å²) >= 11 is 0. The first kappa shape index (κ1) is 17.7. The number of rotatable bonds is 4. The van der Waals surface area contributed by atoms with Gasteiger partial charge in [-0.25, -0.2) is 4.68 Å². The van der Waals surface area contributed by atoms with Crippen LogP contribution in [0.25, 0.3) is 16.9 Å². The number of carbonyl (C=O) groups is 1. The van der Waals surface area contributed by atoms with Crippen molar-refractivity contribution < 1.29 is 4.79 Å². The fraction of sp³-hybridized carbons (Fsp3) is 0.0870. The summed E-state index contributed by atoms with van der Waals surface area (Å²) in [5, 5.41) is 7.54. The molecule has 0 fully saturated rings. The average molecular weight is 368 g/mol. The number of hydrogen-bond donors (Lipinski definition) is 1. The highest BCUT2D eigenvalue weighted by atomic mass is 16.2. The maximum Gasteiger partial charge on any atom is 0.276 e. The van der Waals surface area contributed by atoms with Crippen LogP contribution in [0.3, 0.4) is 0 Å². The Morgan fingerprint density at radius 3 is 2.50 bits per heavy atom. The van der Waals surface area contributed by atoms with Gasteiger partial charge in [0.15, 0.2) is 5.69 Å². The summed E-state index contributed by atoms with van der Waals surface area (Å²) in [5.74, 6) is -0.244. The van der Waals surface area contributed by atoms with Crippen molar-refractivity contribution in [2.75, 3.05) is 5.32 Å². The largest absolute Gasteiger partial charge is 0.320 e. The fourth-order valence-corrected chi connectivity index (χ4v) is 3.12. The maximum absolute atomic E-state index is 12.9. The molecule has 0 aliphatic carbocycles. The molecule has 0 spiro atoms. The Labute approximate surface area is 163 Å². The van der Waals surface area contributed by atoms with Crippen LogP contribution in [0.1, 0.15) is 21.6 Å². The van der Waals surface area contributed by atoms with E-state index in [2.05, 4.69) is 15.4 Å². The van der Waals surface area contributed by atoms with E-state index >= 15 is 0 Å². The van der Waals surface area contributed by atoms with Crippen LogP contribution in [-0.4, -0.2) is 20.7 Å². The Balaban J connectivity index is 1.74. The van der Waals surface area contributed by atoms with Gasteiger partial charge in [-0.15, -0.1) is 0 Å². The van der Waals surface area contributed by atoms with Gasteiger partial charge < -0.3 is 5.32 Å². The minimum absolute atomic E-state index is 0.244. The van der Waals surface area contributed by atoms with E-state index in [1.807, 2.05) is 74.5 Å². The lowest BCUT2D eigenvalue weighted by molar-refractivity contribution is 0.102. The summed E-state index contributed by atoms with van der Waals surface area (Å²) in [6.45, 7) is 4.01. The molecular weight excluding hydrogens is 348 g/mol. The van der Waals surface area contributed by atoms with Crippen molar-refractivity contribution in [1.82, 2.24) is 14.8 Å². The van der Waals surface area contributed by atoms with E-state index in [1.165, 1.54) is 0 Å². The number of aryl methyl sites for hydroxylation is 2. The van der Waals surface area contributed by atoms with Crippen molar-refractivity contribution in [1.29, 1.82) is 0 Å². The van der Waals surface area contributed by atoms with E-state index in [9.17, 15) is 4.79 Å². The molecule has 138 valence electrons. The lowest BCUT2D eigenvalue weighted by atomic mass is 10.1. The highest BCUT2D eigenvalue weighted by Crippen LogP contribution is 2.24. The second-order valence-corrected chi connectivity index (χ2v) is 6.68. The summed E-state index contributed by atoms with van der Waals surface area (Å²) in [6, 6.07) is 21.3. The summed E-state index contributed by atoms with van der Waals surface area (Å²) in [5.41, 5.74) is 5.89. The third kappa shape index (κ3) is 3.55. The first-order valence-corrected chi connectivity index (χ1v) is 9.06. The minimum Gasteiger partial charge on any atom is -0.320 e. The lowest BCUT2D eigenvalue weighted by Crippen LogP contribution is -2.14. The molecule has 0 unspecified atom stereocenters. The summed E-state index contributed by atoms with van der Waals surface area (Å²) in [7, 11) is 0. The number of nitrogens with one attached hydrogen (secondary N) is 1. The Morgan fingerprint density at radius 2 is 1.79 bits per heavy atom. The number of benzene rings is 2. The van der Waals surface area contributed by atoms with Crippen LogP contribution in [0.5, 0.6) is 0 Å². The molecule has 5 nitrogen and oxygen atoms in total. The predicted molar refractivity (Wildman–Crippen MR) is 111 cm³/mol. The van der Waals surface area contributed by atoms with Crippen LogP contribution >= 0.6 is 0 Å². The third-order valence-corrected chi connectivity index (χ3v) is 4.53. The second-order valence-electron chi connectivity index (χ2n) is 6.68. The molecule has 0 bridgehead atoms. The molecule has 0 atom stereocenters. The molecular formula is C23H20N4O.